The molecule has 2 heterocycles. The Hall–Kier alpha value is -3.41. The highest BCUT2D eigenvalue weighted by molar-refractivity contribution is 6.00. The molecule has 0 N–H and O–H groups in total. The summed E-state index contributed by atoms with van der Waals surface area (Å²) < 4.78 is 32.0. The third kappa shape index (κ3) is 3.66. The lowest BCUT2D eigenvalue weighted by Crippen LogP contribution is -2.18. The van der Waals surface area contributed by atoms with Gasteiger partial charge in [0.25, 0.3) is 0 Å². The number of ether oxygens (including phenoxy) is 3. The lowest BCUT2D eigenvalue weighted by atomic mass is 9.99. The number of rotatable bonds is 5. The molecule has 5 nitrogen and oxygen atoms in total. The molecule has 0 amide bonds. The SMILES string of the molecule is COc1ccc([C@H](Oc2c(F)cc3c(c2C)OCCC3=O)c2ccncc2)cc1. The zero-order chi connectivity index (χ0) is 20.4. The van der Waals surface area contributed by atoms with E-state index < -0.39 is 11.9 Å². The Bertz CT molecular complexity index is 1030. The monoisotopic (exact) mass is 393 g/mol. The standard InChI is InChI=1S/C23H20FNO4/c1-14-21-18(20(26)9-12-28-21)13-19(24)22(14)29-23(16-7-10-25-11-8-16)15-3-5-17(27-2)6-4-15/h3-8,10-11,13,23H,9,12H2,1-2H3/t23-/m0/s1. The Morgan fingerprint density at radius 2 is 1.79 bits per heavy atom. The Morgan fingerprint density at radius 1 is 1.10 bits per heavy atom. The van der Waals surface area contributed by atoms with E-state index >= 15 is 0 Å². The number of halogens is 1. The van der Waals surface area contributed by atoms with Crippen molar-refractivity contribution in [3.05, 3.63) is 82.9 Å². The number of pyridine rings is 1. The first-order chi connectivity index (χ1) is 14.1. The number of fused-ring (bicyclic) bond motifs is 1. The highest BCUT2D eigenvalue weighted by atomic mass is 19.1. The molecular weight excluding hydrogens is 373 g/mol. The molecule has 3 aromatic rings. The summed E-state index contributed by atoms with van der Waals surface area (Å²) in [7, 11) is 1.60. The van der Waals surface area contributed by atoms with Gasteiger partial charge >= 0.3 is 0 Å². The molecule has 6 heteroatoms. The Kier molecular flexibility index (Phi) is 5.16. The van der Waals surface area contributed by atoms with Crippen molar-refractivity contribution in [2.45, 2.75) is 19.4 Å². The van der Waals surface area contributed by atoms with Gasteiger partial charge in [0.05, 0.1) is 19.3 Å². The topological polar surface area (TPSA) is 57.7 Å². The van der Waals surface area contributed by atoms with Gasteiger partial charge in [0, 0.05) is 24.4 Å². The van der Waals surface area contributed by atoms with Gasteiger partial charge in [-0.15, -0.1) is 0 Å². The van der Waals surface area contributed by atoms with Crippen LogP contribution < -0.4 is 14.2 Å². The lowest BCUT2D eigenvalue weighted by molar-refractivity contribution is 0.0931. The van der Waals surface area contributed by atoms with Gasteiger partial charge in [0.2, 0.25) is 0 Å². The predicted octanol–water partition coefficient (Wildman–Crippen LogP) is 4.67. The molecule has 0 fully saturated rings. The number of ketones is 1. The highest BCUT2D eigenvalue weighted by Crippen LogP contribution is 2.40. The normalized spacial score (nSPS) is 14.0. The van der Waals surface area contributed by atoms with E-state index in [0.29, 0.717) is 17.1 Å². The second kappa shape index (κ2) is 7.91. The van der Waals surface area contributed by atoms with Crippen LogP contribution in [0.2, 0.25) is 0 Å². The lowest BCUT2D eigenvalue weighted by Gasteiger charge is -2.25. The van der Waals surface area contributed by atoms with E-state index in [2.05, 4.69) is 4.98 Å². The fourth-order valence-electron chi connectivity index (χ4n) is 3.42. The maximum Gasteiger partial charge on any atom is 0.170 e. The van der Waals surface area contributed by atoms with Crippen LogP contribution in [0.15, 0.2) is 54.9 Å². The molecule has 0 bridgehead atoms. The third-order valence-corrected chi connectivity index (χ3v) is 4.95. The number of nitrogens with zero attached hydrogens (tertiary/aromatic N) is 1. The van der Waals surface area contributed by atoms with E-state index in [4.69, 9.17) is 14.2 Å². The number of methoxy groups -OCH3 is 1. The van der Waals surface area contributed by atoms with Crippen LogP contribution in [0.3, 0.4) is 0 Å². The average Bonchev–Trinajstić information content (AvgIpc) is 2.75. The zero-order valence-electron chi connectivity index (χ0n) is 16.1. The van der Waals surface area contributed by atoms with Crippen molar-refractivity contribution in [1.82, 2.24) is 4.98 Å². The van der Waals surface area contributed by atoms with Crippen LogP contribution in [0.25, 0.3) is 0 Å². The number of Topliss-reactive ketones (excluding diaryl/α,β-unsaturated/α-hetero) is 1. The van der Waals surface area contributed by atoms with Crippen LogP contribution in [-0.4, -0.2) is 24.5 Å². The molecule has 0 unspecified atom stereocenters. The van der Waals surface area contributed by atoms with Crippen LogP contribution in [-0.2, 0) is 0 Å². The van der Waals surface area contributed by atoms with Crippen molar-refractivity contribution in [3.63, 3.8) is 0 Å². The number of aromatic nitrogens is 1. The Labute approximate surface area is 168 Å². The second-order valence-corrected chi connectivity index (χ2v) is 6.76. The summed E-state index contributed by atoms with van der Waals surface area (Å²) in [5.74, 6) is 0.454. The Morgan fingerprint density at radius 3 is 2.48 bits per heavy atom. The number of carbonyl (C=O) groups is 1. The molecule has 0 saturated carbocycles. The molecule has 1 aliphatic heterocycles. The van der Waals surface area contributed by atoms with Crippen molar-refractivity contribution in [2.75, 3.05) is 13.7 Å². The minimum Gasteiger partial charge on any atom is -0.497 e. The van der Waals surface area contributed by atoms with Gasteiger partial charge in [0.1, 0.15) is 17.6 Å². The number of carbonyl (C=O) groups excluding carboxylic acids is 1. The van der Waals surface area contributed by atoms with Crippen molar-refractivity contribution < 1.29 is 23.4 Å². The van der Waals surface area contributed by atoms with Gasteiger partial charge in [0.15, 0.2) is 17.3 Å². The van der Waals surface area contributed by atoms with Gasteiger partial charge in [-0.2, -0.15) is 0 Å². The van der Waals surface area contributed by atoms with E-state index in [0.717, 1.165) is 11.1 Å². The molecule has 1 aromatic heterocycles. The van der Waals surface area contributed by atoms with Crippen molar-refractivity contribution in [1.29, 1.82) is 0 Å². The predicted molar refractivity (Wildman–Crippen MR) is 105 cm³/mol. The molecule has 148 valence electrons. The summed E-state index contributed by atoms with van der Waals surface area (Å²) in [5, 5.41) is 0. The zero-order valence-corrected chi connectivity index (χ0v) is 16.1. The molecule has 2 aromatic carbocycles. The summed E-state index contributed by atoms with van der Waals surface area (Å²) in [5.41, 5.74) is 2.38. The summed E-state index contributed by atoms with van der Waals surface area (Å²) >= 11 is 0. The molecule has 1 atom stereocenters. The second-order valence-electron chi connectivity index (χ2n) is 6.76. The maximum absolute atomic E-state index is 15.0. The largest absolute Gasteiger partial charge is 0.497 e. The van der Waals surface area contributed by atoms with Crippen molar-refractivity contribution >= 4 is 5.78 Å². The molecule has 0 spiro atoms. The highest BCUT2D eigenvalue weighted by Gasteiger charge is 2.27. The first kappa shape index (κ1) is 18.9. The number of hydrogen-bond donors (Lipinski definition) is 0. The van der Waals surface area contributed by atoms with E-state index in [9.17, 15) is 9.18 Å². The molecule has 4 rings (SSSR count). The van der Waals surface area contributed by atoms with E-state index in [1.165, 1.54) is 6.07 Å². The third-order valence-electron chi connectivity index (χ3n) is 4.95. The molecule has 0 radical (unpaired) electrons. The van der Waals surface area contributed by atoms with Gasteiger partial charge < -0.3 is 14.2 Å². The van der Waals surface area contributed by atoms with Gasteiger partial charge in [-0.05, 0) is 48.4 Å². The van der Waals surface area contributed by atoms with Gasteiger partial charge in [-0.25, -0.2) is 4.39 Å². The maximum atomic E-state index is 15.0. The summed E-state index contributed by atoms with van der Waals surface area (Å²) in [4.78, 5) is 16.2. The van der Waals surface area contributed by atoms with E-state index in [-0.39, 0.29) is 30.1 Å². The molecule has 0 saturated heterocycles. The fraction of sp³-hybridized carbons (Fsp3) is 0.217. The quantitative estimate of drug-likeness (QED) is 0.630. The summed E-state index contributed by atoms with van der Waals surface area (Å²) in [6.07, 6.45) is 2.99. The molecular formula is C23H20FNO4. The summed E-state index contributed by atoms with van der Waals surface area (Å²) in [6.45, 7) is 1.98. The van der Waals surface area contributed by atoms with Crippen molar-refractivity contribution in [2.24, 2.45) is 0 Å². The van der Waals surface area contributed by atoms with Crippen LogP contribution in [0.4, 0.5) is 4.39 Å². The van der Waals surface area contributed by atoms with Gasteiger partial charge in [-0.3, -0.25) is 9.78 Å². The molecule has 1 aliphatic rings. The number of benzene rings is 2. The van der Waals surface area contributed by atoms with Crippen LogP contribution >= 0.6 is 0 Å². The minimum absolute atomic E-state index is 0.0658. The smallest absolute Gasteiger partial charge is 0.170 e. The average molecular weight is 393 g/mol. The van der Waals surface area contributed by atoms with Crippen LogP contribution in [0.5, 0.6) is 17.2 Å². The first-order valence-corrected chi connectivity index (χ1v) is 9.28. The van der Waals surface area contributed by atoms with Gasteiger partial charge in [-0.1, -0.05) is 12.1 Å². The van der Waals surface area contributed by atoms with E-state index in [1.54, 1.807) is 26.4 Å². The summed E-state index contributed by atoms with van der Waals surface area (Å²) in [6, 6.07) is 12.2. The van der Waals surface area contributed by atoms with Crippen molar-refractivity contribution in [3.8, 4) is 17.2 Å². The van der Waals surface area contributed by atoms with Crippen LogP contribution in [0, 0.1) is 12.7 Å². The van der Waals surface area contributed by atoms with E-state index in [1.807, 2.05) is 36.4 Å². The van der Waals surface area contributed by atoms with Crippen LogP contribution in [0.1, 0.15) is 39.6 Å². The first-order valence-electron chi connectivity index (χ1n) is 9.28. The minimum atomic E-state index is -0.590. The Balaban J connectivity index is 1.78. The number of hydrogen-bond acceptors (Lipinski definition) is 5. The fourth-order valence-corrected chi connectivity index (χ4v) is 3.42. The molecule has 0 aliphatic carbocycles. The molecule has 29 heavy (non-hydrogen) atoms.